The summed E-state index contributed by atoms with van der Waals surface area (Å²) in [7, 11) is 0. The predicted molar refractivity (Wildman–Crippen MR) is 62.2 cm³/mol. The second-order valence-corrected chi connectivity index (χ2v) is 5.22. The first-order valence-corrected chi connectivity index (χ1v) is 6.24. The van der Waals surface area contributed by atoms with Gasteiger partial charge in [0, 0.05) is 12.3 Å². The van der Waals surface area contributed by atoms with Gasteiger partial charge in [-0.1, -0.05) is 18.1 Å². The molecule has 0 aromatic heterocycles. The predicted octanol–water partition coefficient (Wildman–Crippen LogP) is 1.16. The van der Waals surface area contributed by atoms with Crippen molar-refractivity contribution in [2.75, 3.05) is 6.61 Å². The van der Waals surface area contributed by atoms with Gasteiger partial charge in [-0.2, -0.15) is 0 Å². The van der Waals surface area contributed by atoms with Crippen molar-refractivity contribution in [2.24, 2.45) is 5.41 Å². The van der Waals surface area contributed by atoms with Gasteiger partial charge in [-0.15, -0.1) is 0 Å². The van der Waals surface area contributed by atoms with Crippen molar-refractivity contribution in [3.05, 3.63) is 11.6 Å². The third kappa shape index (κ3) is 2.53. The number of ether oxygens (including phenoxy) is 1. The Morgan fingerprint density at radius 2 is 2.29 bits per heavy atom. The van der Waals surface area contributed by atoms with Crippen LogP contribution in [0, 0.1) is 5.41 Å². The molecule has 3 atom stereocenters. The Morgan fingerprint density at radius 3 is 3.00 bits per heavy atom. The minimum Gasteiger partial charge on any atom is -0.465 e. The lowest BCUT2D eigenvalue weighted by molar-refractivity contribution is -0.145. The van der Waals surface area contributed by atoms with E-state index in [0.717, 1.165) is 31.3 Å². The minimum atomic E-state index is -0.770. The lowest BCUT2D eigenvalue weighted by Crippen LogP contribution is -2.43. The topological polar surface area (TPSA) is 66.8 Å². The van der Waals surface area contributed by atoms with Crippen molar-refractivity contribution < 1.29 is 19.7 Å². The summed E-state index contributed by atoms with van der Waals surface area (Å²) in [5.41, 5.74) is 0.922. The van der Waals surface area contributed by atoms with Crippen molar-refractivity contribution in [1.82, 2.24) is 0 Å². The Labute approximate surface area is 101 Å². The van der Waals surface area contributed by atoms with Crippen LogP contribution in [-0.4, -0.2) is 35.0 Å². The molecule has 17 heavy (non-hydrogen) atoms. The van der Waals surface area contributed by atoms with Crippen LogP contribution < -0.4 is 0 Å². The highest BCUT2D eigenvalue weighted by molar-refractivity contribution is 5.66. The maximum Gasteiger partial charge on any atom is 0.302 e. The fourth-order valence-electron chi connectivity index (χ4n) is 3.00. The zero-order chi connectivity index (χ0) is 12.5. The van der Waals surface area contributed by atoms with E-state index in [4.69, 9.17) is 4.74 Å². The zero-order valence-corrected chi connectivity index (χ0v) is 10.2. The number of aliphatic hydroxyl groups is 2. The maximum absolute atomic E-state index is 10.9. The third-order valence-electron chi connectivity index (χ3n) is 3.95. The first-order valence-electron chi connectivity index (χ1n) is 6.24. The molecule has 0 aromatic rings. The Hall–Kier alpha value is -0.870. The SMILES string of the molecule is CC(=O)OC[C@@]12CCCCC1=CC(O)C(O)C2. The van der Waals surface area contributed by atoms with E-state index >= 15 is 0 Å². The van der Waals surface area contributed by atoms with Gasteiger partial charge in [0.15, 0.2) is 0 Å². The number of rotatable bonds is 2. The second kappa shape index (κ2) is 4.78. The van der Waals surface area contributed by atoms with E-state index in [1.54, 1.807) is 6.08 Å². The molecule has 1 fully saturated rings. The lowest BCUT2D eigenvalue weighted by atomic mass is 9.64. The van der Waals surface area contributed by atoms with E-state index in [9.17, 15) is 15.0 Å². The Morgan fingerprint density at radius 1 is 1.53 bits per heavy atom. The molecule has 0 bridgehead atoms. The number of fused-ring (bicyclic) bond motifs is 1. The van der Waals surface area contributed by atoms with Crippen molar-refractivity contribution in [3.63, 3.8) is 0 Å². The summed E-state index contributed by atoms with van der Waals surface area (Å²) in [5, 5.41) is 19.5. The van der Waals surface area contributed by atoms with Gasteiger partial charge in [-0.3, -0.25) is 4.79 Å². The van der Waals surface area contributed by atoms with E-state index in [0.29, 0.717) is 13.0 Å². The molecule has 0 aliphatic heterocycles. The summed E-state index contributed by atoms with van der Waals surface area (Å²) in [6.45, 7) is 1.73. The fraction of sp³-hybridized carbons (Fsp3) is 0.769. The molecule has 2 unspecified atom stereocenters. The first-order chi connectivity index (χ1) is 8.03. The Balaban J connectivity index is 2.20. The summed E-state index contributed by atoms with van der Waals surface area (Å²) in [5.74, 6) is -0.287. The summed E-state index contributed by atoms with van der Waals surface area (Å²) in [4.78, 5) is 10.9. The molecule has 0 heterocycles. The first kappa shape index (κ1) is 12.6. The molecule has 2 rings (SSSR count). The molecule has 4 heteroatoms. The van der Waals surface area contributed by atoms with Gasteiger partial charge < -0.3 is 14.9 Å². The number of carbonyl (C=O) groups is 1. The summed E-state index contributed by atoms with van der Waals surface area (Å²) in [6, 6.07) is 0. The molecule has 2 aliphatic carbocycles. The van der Waals surface area contributed by atoms with Crippen LogP contribution in [0.1, 0.15) is 39.0 Å². The molecular formula is C13H20O4. The Bertz CT molecular complexity index is 336. The number of hydrogen-bond donors (Lipinski definition) is 2. The van der Waals surface area contributed by atoms with Crippen LogP contribution in [0.4, 0.5) is 0 Å². The molecule has 96 valence electrons. The van der Waals surface area contributed by atoms with Crippen molar-refractivity contribution >= 4 is 5.97 Å². The number of hydrogen-bond acceptors (Lipinski definition) is 4. The number of carbonyl (C=O) groups excluding carboxylic acids is 1. The summed E-state index contributed by atoms with van der Waals surface area (Å²) in [6.07, 6.45) is 4.80. The zero-order valence-electron chi connectivity index (χ0n) is 10.2. The molecule has 0 radical (unpaired) electrons. The highest BCUT2D eigenvalue weighted by Gasteiger charge is 2.43. The standard InChI is InChI=1S/C13H20O4/c1-9(14)17-8-13-5-3-2-4-10(13)6-11(15)12(16)7-13/h6,11-12,15-16H,2-5,7-8H2,1H3/t11?,12?,13-/m0/s1. The van der Waals surface area contributed by atoms with Crippen molar-refractivity contribution in [3.8, 4) is 0 Å². The van der Waals surface area contributed by atoms with Gasteiger partial charge in [-0.25, -0.2) is 0 Å². The van der Waals surface area contributed by atoms with E-state index in [-0.39, 0.29) is 11.4 Å². The summed E-state index contributed by atoms with van der Waals surface area (Å²) < 4.78 is 5.15. The number of aliphatic hydroxyl groups excluding tert-OH is 2. The van der Waals surface area contributed by atoms with Crippen LogP contribution in [0.25, 0.3) is 0 Å². The van der Waals surface area contributed by atoms with Crippen molar-refractivity contribution in [2.45, 2.75) is 51.2 Å². The lowest BCUT2D eigenvalue weighted by Gasteiger charge is -2.44. The van der Waals surface area contributed by atoms with E-state index in [2.05, 4.69) is 0 Å². The van der Waals surface area contributed by atoms with Gasteiger partial charge in [0.05, 0.1) is 12.2 Å². The van der Waals surface area contributed by atoms with Crippen LogP contribution in [-0.2, 0) is 9.53 Å². The molecule has 1 saturated carbocycles. The smallest absolute Gasteiger partial charge is 0.302 e. The van der Waals surface area contributed by atoms with E-state index in [1.807, 2.05) is 0 Å². The molecule has 2 N–H and O–H groups in total. The largest absolute Gasteiger partial charge is 0.465 e. The van der Waals surface area contributed by atoms with Crippen LogP contribution in [0.15, 0.2) is 11.6 Å². The molecule has 0 aromatic carbocycles. The fourth-order valence-corrected chi connectivity index (χ4v) is 3.00. The minimum absolute atomic E-state index is 0.234. The molecule has 4 nitrogen and oxygen atoms in total. The maximum atomic E-state index is 10.9. The van der Waals surface area contributed by atoms with Crippen LogP contribution in [0.2, 0.25) is 0 Å². The van der Waals surface area contributed by atoms with Gasteiger partial charge in [0.25, 0.3) is 0 Å². The summed E-state index contributed by atoms with van der Waals surface area (Å²) >= 11 is 0. The Kier molecular flexibility index (Phi) is 3.54. The quantitative estimate of drug-likeness (QED) is 0.561. The van der Waals surface area contributed by atoms with Crippen LogP contribution in [0.5, 0.6) is 0 Å². The van der Waals surface area contributed by atoms with Crippen molar-refractivity contribution in [1.29, 1.82) is 0 Å². The average Bonchev–Trinajstić information content (AvgIpc) is 2.28. The van der Waals surface area contributed by atoms with Gasteiger partial charge in [0.1, 0.15) is 6.61 Å². The van der Waals surface area contributed by atoms with Crippen LogP contribution in [0.3, 0.4) is 0 Å². The normalized spacial score (nSPS) is 37.0. The molecule has 0 amide bonds. The molecule has 0 spiro atoms. The average molecular weight is 240 g/mol. The third-order valence-corrected chi connectivity index (χ3v) is 3.95. The second-order valence-electron chi connectivity index (χ2n) is 5.22. The number of esters is 1. The van der Waals surface area contributed by atoms with Crippen LogP contribution >= 0.6 is 0 Å². The molecule has 2 aliphatic rings. The van der Waals surface area contributed by atoms with Gasteiger partial charge in [-0.05, 0) is 25.7 Å². The highest BCUT2D eigenvalue weighted by atomic mass is 16.5. The molecule has 0 saturated heterocycles. The highest BCUT2D eigenvalue weighted by Crippen LogP contribution is 2.47. The molecular weight excluding hydrogens is 220 g/mol. The van der Waals surface area contributed by atoms with Gasteiger partial charge in [0.2, 0.25) is 0 Å². The van der Waals surface area contributed by atoms with Gasteiger partial charge >= 0.3 is 5.97 Å². The van der Waals surface area contributed by atoms with E-state index in [1.165, 1.54) is 6.92 Å². The van der Waals surface area contributed by atoms with E-state index < -0.39 is 12.2 Å². The monoisotopic (exact) mass is 240 g/mol.